The third-order valence-corrected chi connectivity index (χ3v) is 6.50. The molecule has 2 aromatic rings. The summed E-state index contributed by atoms with van der Waals surface area (Å²) in [6.07, 6.45) is 3.83. The molecular weight excluding hydrogens is 526 g/mol. The van der Waals surface area contributed by atoms with Crippen molar-refractivity contribution in [1.29, 1.82) is 0 Å². The highest BCUT2D eigenvalue weighted by molar-refractivity contribution is 9.11. The molecule has 0 fully saturated rings. The molecule has 1 aliphatic rings. The van der Waals surface area contributed by atoms with Gasteiger partial charge in [0.2, 0.25) is 0 Å². The summed E-state index contributed by atoms with van der Waals surface area (Å²) in [5, 5.41) is 13.9. The van der Waals surface area contributed by atoms with Gasteiger partial charge in [0.25, 0.3) is 5.91 Å². The number of allylic oxidation sites excluding steroid dienone is 1. The fourth-order valence-corrected chi connectivity index (χ4v) is 5.08. The Hall–Kier alpha value is -2.32. The van der Waals surface area contributed by atoms with Crippen molar-refractivity contribution in [1.82, 2.24) is 5.43 Å². The summed E-state index contributed by atoms with van der Waals surface area (Å²) in [5.74, 6) is 0.312. The average molecular weight is 551 g/mol. The largest absolute Gasteiger partial charge is 0.506 e. The van der Waals surface area contributed by atoms with E-state index in [4.69, 9.17) is 4.74 Å². The van der Waals surface area contributed by atoms with Gasteiger partial charge < -0.3 is 14.7 Å². The molecule has 2 N–H and O–H groups in total. The van der Waals surface area contributed by atoms with Crippen molar-refractivity contribution in [3.8, 4) is 11.5 Å². The molecule has 0 saturated heterocycles. The van der Waals surface area contributed by atoms with Gasteiger partial charge in [-0.1, -0.05) is 6.08 Å². The van der Waals surface area contributed by atoms with Crippen LogP contribution in [0, 0.1) is 0 Å². The fourth-order valence-electron chi connectivity index (χ4n) is 3.90. The van der Waals surface area contributed by atoms with Crippen molar-refractivity contribution < 1.29 is 14.6 Å². The van der Waals surface area contributed by atoms with E-state index in [0.29, 0.717) is 20.3 Å². The number of anilines is 1. The Labute approximate surface area is 199 Å². The summed E-state index contributed by atoms with van der Waals surface area (Å²) in [5.41, 5.74) is 6.96. The molecule has 1 aliphatic heterocycles. The normalized spacial score (nSPS) is 14.9. The minimum atomic E-state index is -0.399. The molecule has 0 aromatic heterocycles. The second-order valence-corrected chi connectivity index (χ2v) is 9.53. The lowest BCUT2D eigenvalue weighted by Crippen LogP contribution is -2.44. The van der Waals surface area contributed by atoms with E-state index in [1.165, 1.54) is 17.7 Å². The van der Waals surface area contributed by atoms with Gasteiger partial charge in [-0.2, -0.15) is 5.10 Å². The Balaban J connectivity index is 1.89. The summed E-state index contributed by atoms with van der Waals surface area (Å²) in [7, 11) is 1.62. The van der Waals surface area contributed by atoms with Gasteiger partial charge in [-0.05, 0) is 83.3 Å². The topological polar surface area (TPSA) is 74.2 Å². The molecule has 8 heteroatoms. The smallest absolute Gasteiger partial charge is 0.271 e. The van der Waals surface area contributed by atoms with Gasteiger partial charge >= 0.3 is 0 Å². The highest BCUT2D eigenvalue weighted by atomic mass is 79.9. The Morgan fingerprint density at radius 2 is 1.90 bits per heavy atom. The number of ether oxygens (including phenoxy) is 1. The van der Waals surface area contributed by atoms with Gasteiger partial charge in [-0.15, -0.1) is 0 Å². The molecule has 6 nitrogen and oxygen atoms in total. The molecule has 0 aliphatic carbocycles. The van der Waals surface area contributed by atoms with Crippen LogP contribution >= 0.6 is 31.9 Å². The molecule has 0 radical (unpaired) electrons. The van der Waals surface area contributed by atoms with Crippen LogP contribution in [0.5, 0.6) is 11.5 Å². The highest BCUT2D eigenvalue weighted by Gasteiger charge is 2.31. The molecule has 164 valence electrons. The maximum Gasteiger partial charge on any atom is 0.271 e. The molecule has 1 amide bonds. The van der Waals surface area contributed by atoms with E-state index in [1.807, 2.05) is 12.1 Å². The lowest BCUT2D eigenvalue weighted by atomic mass is 9.88. The van der Waals surface area contributed by atoms with E-state index >= 15 is 0 Å². The van der Waals surface area contributed by atoms with Crippen LogP contribution in [0.25, 0.3) is 5.57 Å². The Morgan fingerprint density at radius 1 is 1.26 bits per heavy atom. The number of amides is 1. The van der Waals surface area contributed by atoms with Crippen LogP contribution in [-0.4, -0.2) is 36.4 Å². The number of carbonyl (C=O) groups is 1. The first-order valence-corrected chi connectivity index (χ1v) is 11.4. The summed E-state index contributed by atoms with van der Waals surface area (Å²) in [4.78, 5) is 14.8. The minimum absolute atomic E-state index is 0.0339. The minimum Gasteiger partial charge on any atom is -0.506 e. The standard InChI is InChI=1S/C23H25Br2N3O3/c1-6-28-19-10-20(31-5)15(7-16(19)13(2)11-23(28,3)4)12-26-27-22(30)14-8-17(24)21(29)18(25)9-14/h7-12,29H,6H2,1-5H3,(H,27,30)/b26-12-. The molecule has 3 rings (SSSR count). The number of fused-ring (bicyclic) bond motifs is 1. The predicted octanol–water partition coefficient (Wildman–Crippen LogP) is 5.71. The van der Waals surface area contributed by atoms with Crippen molar-refractivity contribution in [3.63, 3.8) is 0 Å². The molecule has 0 unspecified atom stereocenters. The molecular formula is C23H25Br2N3O3. The van der Waals surface area contributed by atoms with Crippen molar-refractivity contribution >= 4 is 55.2 Å². The van der Waals surface area contributed by atoms with Crippen LogP contribution < -0.4 is 15.1 Å². The van der Waals surface area contributed by atoms with Crippen LogP contribution in [0.1, 0.15) is 49.2 Å². The number of hydrazone groups is 1. The van der Waals surface area contributed by atoms with Crippen LogP contribution in [0.4, 0.5) is 5.69 Å². The monoisotopic (exact) mass is 549 g/mol. The molecule has 0 saturated carbocycles. The second-order valence-electron chi connectivity index (χ2n) is 7.82. The quantitative estimate of drug-likeness (QED) is 0.369. The zero-order valence-corrected chi connectivity index (χ0v) is 21.3. The number of likely N-dealkylation sites (N-methyl/N-ethyl adjacent to an activating group) is 1. The first kappa shape index (κ1) is 23.3. The maximum atomic E-state index is 12.4. The zero-order chi connectivity index (χ0) is 22.9. The summed E-state index contributed by atoms with van der Waals surface area (Å²) >= 11 is 6.45. The molecule has 1 heterocycles. The van der Waals surface area contributed by atoms with Crippen LogP contribution in [0.2, 0.25) is 0 Å². The SMILES string of the molecule is CCN1c2cc(OC)c(/C=N\NC(=O)c3cc(Br)c(O)c(Br)c3)cc2C(C)=CC1(C)C. The number of rotatable bonds is 5. The second kappa shape index (κ2) is 9.04. The Bertz CT molecular complexity index is 1070. The lowest BCUT2D eigenvalue weighted by molar-refractivity contribution is 0.0955. The number of hydrogen-bond acceptors (Lipinski definition) is 5. The fraction of sp³-hybridized carbons (Fsp3) is 0.304. The molecule has 0 spiro atoms. The Morgan fingerprint density at radius 3 is 2.48 bits per heavy atom. The van der Waals surface area contributed by atoms with E-state index in [1.54, 1.807) is 13.3 Å². The lowest BCUT2D eigenvalue weighted by Gasteiger charge is -2.43. The predicted molar refractivity (Wildman–Crippen MR) is 132 cm³/mol. The molecule has 2 aromatic carbocycles. The van der Waals surface area contributed by atoms with Crippen molar-refractivity contribution in [2.24, 2.45) is 5.10 Å². The van der Waals surface area contributed by atoms with Gasteiger partial charge in [0.15, 0.2) is 0 Å². The van der Waals surface area contributed by atoms with E-state index < -0.39 is 5.91 Å². The van der Waals surface area contributed by atoms with E-state index in [-0.39, 0.29) is 11.3 Å². The number of aromatic hydroxyl groups is 1. The number of phenols is 1. The Kier molecular flexibility index (Phi) is 6.81. The first-order chi connectivity index (χ1) is 14.6. The van der Waals surface area contributed by atoms with Crippen molar-refractivity contribution in [2.75, 3.05) is 18.6 Å². The molecule has 31 heavy (non-hydrogen) atoms. The number of methoxy groups -OCH3 is 1. The molecule has 0 atom stereocenters. The van der Waals surface area contributed by atoms with E-state index in [2.05, 4.69) is 81.1 Å². The van der Waals surface area contributed by atoms with Crippen molar-refractivity contribution in [2.45, 2.75) is 33.2 Å². The van der Waals surface area contributed by atoms with E-state index in [9.17, 15) is 9.90 Å². The van der Waals surface area contributed by atoms with Crippen LogP contribution in [0.3, 0.4) is 0 Å². The number of benzene rings is 2. The number of nitrogens with one attached hydrogen (secondary N) is 1. The highest BCUT2D eigenvalue weighted by Crippen LogP contribution is 2.41. The number of carbonyl (C=O) groups excluding carboxylic acids is 1. The van der Waals surface area contributed by atoms with Gasteiger partial charge in [0, 0.05) is 35.0 Å². The van der Waals surface area contributed by atoms with Crippen molar-refractivity contribution in [3.05, 3.63) is 56.0 Å². The van der Waals surface area contributed by atoms with Gasteiger partial charge in [-0.25, -0.2) is 5.43 Å². The van der Waals surface area contributed by atoms with Crippen LogP contribution in [-0.2, 0) is 0 Å². The number of nitrogens with zero attached hydrogens (tertiary/aromatic N) is 2. The maximum absolute atomic E-state index is 12.4. The third kappa shape index (κ3) is 4.65. The molecule has 0 bridgehead atoms. The average Bonchev–Trinajstić information content (AvgIpc) is 2.71. The first-order valence-electron chi connectivity index (χ1n) is 9.80. The summed E-state index contributed by atoms with van der Waals surface area (Å²) in [6, 6.07) is 7.11. The van der Waals surface area contributed by atoms with Gasteiger partial charge in [-0.3, -0.25) is 4.79 Å². The van der Waals surface area contributed by atoms with E-state index in [0.717, 1.165) is 23.4 Å². The zero-order valence-electron chi connectivity index (χ0n) is 18.1. The summed E-state index contributed by atoms with van der Waals surface area (Å²) in [6.45, 7) is 9.50. The van der Waals surface area contributed by atoms with Gasteiger partial charge in [0.05, 0.1) is 27.8 Å². The number of hydrogen-bond donors (Lipinski definition) is 2. The van der Waals surface area contributed by atoms with Gasteiger partial charge in [0.1, 0.15) is 11.5 Å². The number of phenolic OH excluding ortho intramolecular Hbond substituents is 1. The third-order valence-electron chi connectivity index (χ3n) is 5.29. The number of halogens is 2. The van der Waals surface area contributed by atoms with Crippen LogP contribution in [0.15, 0.2) is 44.4 Å². The summed E-state index contributed by atoms with van der Waals surface area (Å²) < 4.78 is 6.43.